The lowest BCUT2D eigenvalue weighted by Crippen LogP contribution is -2.00. The van der Waals surface area contributed by atoms with Crippen LogP contribution < -0.4 is 10.5 Å². The SMILES string of the molecule is CSc1ccc(Oc2ncccc2CN)cc1. The molecule has 0 unspecified atom stereocenters. The Morgan fingerprint density at radius 3 is 2.65 bits per heavy atom. The molecule has 0 saturated carbocycles. The van der Waals surface area contributed by atoms with E-state index in [9.17, 15) is 0 Å². The molecule has 88 valence electrons. The summed E-state index contributed by atoms with van der Waals surface area (Å²) in [6.45, 7) is 0.423. The number of hydrogen-bond donors (Lipinski definition) is 1. The van der Waals surface area contributed by atoms with Crippen LogP contribution in [0.15, 0.2) is 47.5 Å². The van der Waals surface area contributed by atoms with E-state index in [-0.39, 0.29) is 0 Å². The van der Waals surface area contributed by atoms with Crippen molar-refractivity contribution in [2.75, 3.05) is 6.26 Å². The Morgan fingerprint density at radius 2 is 2.00 bits per heavy atom. The van der Waals surface area contributed by atoms with E-state index >= 15 is 0 Å². The van der Waals surface area contributed by atoms with Crippen LogP contribution in [-0.4, -0.2) is 11.2 Å². The van der Waals surface area contributed by atoms with Gasteiger partial charge in [0.05, 0.1) is 0 Å². The minimum atomic E-state index is 0.423. The van der Waals surface area contributed by atoms with E-state index in [1.807, 2.05) is 42.7 Å². The van der Waals surface area contributed by atoms with Crippen LogP contribution in [0.2, 0.25) is 0 Å². The molecule has 1 aromatic carbocycles. The van der Waals surface area contributed by atoms with Crippen LogP contribution >= 0.6 is 11.8 Å². The van der Waals surface area contributed by atoms with Crippen molar-refractivity contribution in [1.29, 1.82) is 0 Å². The summed E-state index contributed by atoms with van der Waals surface area (Å²) >= 11 is 1.70. The summed E-state index contributed by atoms with van der Waals surface area (Å²) < 4.78 is 5.70. The Bertz CT molecular complexity index is 485. The summed E-state index contributed by atoms with van der Waals surface area (Å²) in [4.78, 5) is 5.39. The molecular weight excluding hydrogens is 232 g/mol. The van der Waals surface area contributed by atoms with Gasteiger partial charge >= 0.3 is 0 Å². The molecule has 0 amide bonds. The van der Waals surface area contributed by atoms with Crippen LogP contribution in [-0.2, 0) is 6.54 Å². The Balaban J connectivity index is 2.19. The lowest BCUT2D eigenvalue weighted by Gasteiger charge is -2.08. The summed E-state index contributed by atoms with van der Waals surface area (Å²) in [5.74, 6) is 1.35. The van der Waals surface area contributed by atoms with Gasteiger partial charge in [-0.25, -0.2) is 4.98 Å². The lowest BCUT2D eigenvalue weighted by molar-refractivity contribution is 0.456. The summed E-state index contributed by atoms with van der Waals surface area (Å²) in [6, 6.07) is 11.7. The number of benzene rings is 1. The van der Waals surface area contributed by atoms with Crippen molar-refractivity contribution in [2.45, 2.75) is 11.4 Å². The Hall–Kier alpha value is -1.52. The van der Waals surface area contributed by atoms with E-state index in [0.29, 0.717) is 12.4 Å². The van der Waals surface area contributed by atoms with E-state index in [0.717, 1.165) is 11.3 Å². The van der Waals surface area contributed by atoms with Crippen molar-refractivity contribution >= 4 is 11.8 Å². The Kier molecular flexibility index (Phi) is 4.01. The van der Waals surface area contributed by atoms with Gasteiger partial charge in [0.15, 0.2) is 0 Å². The molecule has 0 atom stereocenters. The van der Waals surface area contributed by atoms with Gasteiger partial charge in [0.25, 0.3) is 0 Å². The number of aromatic nitrogens is 1. The second-order valence-corrected chi connectivity index (χ2v) is 4.33. The molecule has 0 spiro atoms. The fourth-order valence-corrected chi connectivity index (χ4v) is 1.84. The van der Waals surface area contributed by atoms with Gasteiger partial charge in [0.2, 0.25) is 5.88 Å². The molecule has 0 aliphatic heterocycles. The largest absolute Gasteiger partial charge is 0.439 e. The quantitative estimate of drug-likeness (QED) is 0.842. The number of ether oxygens (including phenoxy) is 1. The van der Waals surface area contributed by atoms with Crippen LogP contribution in [0, 0.1) is 0 Å². The maximum Gasteiger partial charge on any atom is 0.223 e. The first-order valence-electron chi connectivity index (χ1n) is 5.29. The van der Waals surface area contributed by atoms with Crippen molar-refractivity contribution in [2.24, 2.45) is 5.73 Å². The van der Waals surface area contributed by atoms with Gasteiger partial charge in [0.1, 0.15) is 5.75 Å². The number of pyridine rings is 1. The third-order valence-electron chi connectivity index (χ3n) is 2.34. The highest BCUT2D eigenvalue weighted by Gasteiger charge is 2.04. The average molecular weight is 246 g/mol. The van der Waals surface area contributed by atoms with Crippen LogP contribution in [0.1, 0.15) is 5.56 Å². The standard InChI is InChI=1S/C13H14N2OS/c1-17-12-6-4-11(5-7-12)16-13-10(9-14)3-2-8-15-13/h2-8H,9,14H2,1H3. The summed E-state index contributed by atoms with van der Waals surface area (Å²) in [5, 5.41) is 0. The molecule has 17 heavy (non-hydrogen) atoms. The predicted octanol–water partition coefficient (Wildman–Crippen LogP) is 3.05. The van der Waals surface area contributed by atoms with Crippen molar-refractivity contribution in [3.8, 4) is 11.6 Å². The molecule has 4 heteroatoms. The Labute approximate surface area is 105 Å². The molecule has 0 bridgehead atoms. The highest BCUT2D eigenvalue weighted by atomic mass is 32.2. The van der Waals surface area contributed by atoms with E-state index in [1.165, 1.54) is 4.90 Å². The minimum absolute atomic E-state index is 0.423. The molecule has 0 fully saturated rings. The van der Waals surface area contributed by atoms with Gasteiger partial charge in [-0.15, -0.1) is 11.8 Å². The zero-order valence-corrected chi connectivity index (χ0v) is 10.4. The second-order valence-electron chi connectivity index (χ2n) is 3.45. The zero-order chi connectivity index (χ0) is 12.1. The highest BCUT2D eigenvalue weighted by molar-refractivity contribution is 7.98. The van der Waals surface area contributed by atoms with Crippen molar-refractivity contribution in [3.05, 3.63) is 48.2 Å². The number of thioether (sulfide) groups is 1. The van der Waals surface area contributed by atoms with Crippen LogP contribution in [0.5, 0.6) is 11.6 Å². The van der Waals surface area contributed by atoms with E-state index in [4.69, 9.17) is 10.5 Å². The van der Waals surface area contributed by atoms with Crippen molar-refractivity contribution in [1.82, 2.24) is 4.98 Å². The number of hydrogen-bond acceptors (Lipinski definition) is 4. The van der Waals surface area contributed by atoms with Crippen LogP contribution in [0.4, 0.5) is 0 Å². The van der Waals surface area contributed by atoms with Crippen LogP contribution in [0.3, 0.4) is 0 Å². The Morgan fingerprint density at radius 1 is 1.24 bits per heavy atom. The first-order chi connectivity index (χ1) is 8.33. The molecule has 0 aliphatic rings. The van der Waals surface area contributed by atoms with Gasteiger partial charge in [-0.05, 0) is 36.6 Å². The third kappa shape index (κ3) is 2.99. The summed E-state index contributed by atoms with van der Waals surface area (Å²) in [5.41, 5.74) is 6.53. The maximum absolute atomic E-state index is 5.70. The van der Waals surface area contributed by atoms with E-state index in [1.54, 1.807) is 18.0 Å². The first kappa shape index (κ1) is 12.0. The monoisotopic (exact) mass is 246 g/mol. The van der Waals surface area contributed by atoms with E-state index in [2.05, 4.69) is 4.98 Å². The number of nitrogens with zero attached hydrogens (tertiary/aromatic N) is 1. The lowest BCUT2D eigenvalue weighted by atomic mass is 10.3. The van der Waals surface area contributed by atoms with Gasteiger partial charge in [-0.3, -0.25) is 0 Å². The first-order valence-corrected chi connectivity index (χ1v) is 6.52. The average Bonchev–Trinajstić information content (AvgIpc) is 2.40. The molecule has 3 nitrogen and oxygen atoms in total. The van der Waals surface area contributed by atoms with Gasteiger partial charge in [-0.1, -0.05) is 6.07 Å². The zero-order valence-electron chi connectivity index (χ0n) is 9.59. The topological polar surface area (TPSA) is 48.1 Å². The normalized spacial score (nSPS) is 10.2. The minimum Gasteiger partial charge on any atom is -0.439 e. The molecule has 1 aromatic heterocycles. The molecular formula is C13H14N2OS. The van der Waals surface area contributed by atoms with Gasteiger partial charge in [0, 0.05) is 23.2 Å². The molecule has 0 aliphatic carbocycles. The molecule has 2 rings (SSSR count). The molecule has 1 heterocycles. The highest BCUT2D eigenvalue weighted by Crippen LogP contribution is 2.24. The number of nitrogens with two attached hydrogens (primary N) is 1. The van der Waals surface area contributed by atoms with Crippen molar-refractivity contribution < 1.29 is 4.74 Å². The van der Waals surface area contributed by atoms with Crippen LogP contribution in [0.25, 0.3) is 0 Å². The van der Waals surface area contributed by atoms with Gasteiger partial charge in [-0.2, -0.15) is 0 Å². The van der Waals surface area contributed by atoms with Crippen molar-refractivity contribution in [3.63, 3.8) is 0 Å². The third-order valence-corrected chi connectivity index (χ3v) is 3.09. The fourth-order valence-electron chi connectivity index (χ4n) is 1.43. The smallest absolute Gasteiger partial charge is 0.223 e. The summed E-state index contributed by atoms with van der Waals surface area (Å²) in [6.07, 6.45) is 3.74. The summed E-state index contributed by atoms with van der Waals surface area (Å²) in [7, 11) is 0. The predicted molar refractivity (Wildman–Crippen MR) is 70.4 cm³/mol. The molecule has 0 radical (unpaired) electrons. The molecule has 2 N–H and O–H groups in total. The number of rotatable bonds is 4. The maximum atomic E-state index is 5.70. The molecule has 2 aromatic rings. The van der Waals surface area contributed by atoms with Gasteiger partial charge < -0.3 is 10.5 Å². The van der Waals surface area contributed by atoms with E-state index < -0.39 is 0 Å². The second kappa shape index (κ2) is 5.70. The fraction of sp³-hybridized carbons (Fsp3) is 0.154. The molecule has 0 saturated heterocycles.